The van der Waals surface area contributed by atoms with Crippen molar-refractivity contribution in [3.63, 3.8) is 0 Å². The van der Waals surface area contributed by atoms with Crippen LogP contribution in [0.2, 0.25) is 0 Å². The lowest BCUT2D eigenvalue weighted by atomic mass is 10.0. The van der Waals surface area contributed by atoms with Crippen LogP contribution in [0.5, 0.6) is 0 Å². The van der Waals surface area contributed by atoms with Crippen molar-refractivity contribution in [2.45, 2.75) is 38.0 Å². The first kappa shape index (κ1) is 9.76. The number of hydrogen-bond donors (Lipinski definition) is 1. The SMILES string of the molecule is CCCCC(C)(Cl)C(N)=O. The van der Waals surface area contributed by atoms with E-state index in [-0.39, 0.29) is 0 Å². The van der Waals surface area contributed by atoms with Crippen molar-refractivity contribution in [3.05, 3.63) is 0 Å². The van der Waals surface area contributed by atoms with Crippen molar-refractivity contribution in [1.82, 2.24) is 0 Å². The predicted molar refractivity (Wildman–Crippen MR) is 43.0 cm³/mol. The molecular weight excluding hydrogens is 150 g/mol. The zero-order chi connectivity index (χ0) is 8.20. The van der Waals surface area contributed by atoms with E-state index in [1.165, 1.54) is 0 Å². The summed E-state index contributed by atoms with van der Waals surface area (Å²) in [5, 5.41) is 0. The molecule has 0 radical (unpaired) electrons. The lowest BCUT2D eigenvalue weighted by Gasteiger charge is -2.16. The number of rotatable bonds is 4. The second-order valence-corrected chi connectivity index (χ2v) is 3.50. The summed E-state index contributed by atoms with van der Waals surface area (Å²) in [4.78, 5) is 9.78. The van der Waals surface area contributed by atoms with Crippen LogP contribution < -0.4 is 5.73 Å². The van der Waals surface area contributed by atoms with Crippen LogP contribution in [0.1, 0.15) is 33.1 Å². The molecule has 1 amide bonds. The van der Waals surface area contributed by atoms with Crippen LogP contribution in [-0.4, -0.2) is 10.8 Å². The van der Waals surface area contributed by atoms with Gasteiger partial charge in [-0.15, -0.1) is 11.6 Å². The molecule has 0 heterocycles. The van der Waals surface area contributed by atoms with Crippen LogP contribution >= 0.6 is 11.6 Å². The second kappa shape index (κ2) is 3.81. The Hall–Kier alpha value is -0.240. The van der Waals surface area contributed by atoms with E-state index in [9.17, 15) is 4.79 Å². The van der Waals surface area contributed by atoms with Crippen LogP contribution in [0.4, 0.5) is 0 Å². The fourth-order valence-corrected chi connectivity index (χ4v) is 0.766. The van der Waals surface area contributed by atoms with Gasteiger partial charge < -0.3 is 5.73 Å². The Balaban J connectivity index is 3.75. The normalized spacial score (nSPS) is 16.3. The minimum atomic E-state index is -0.837. The van der Waals surface area contributed by atoms with Gasteiger partial charge >= 0.3 is 0 Å². The van der Waals surface area contributed by atoms with E-state index in [4.69, 9.17) is 17.3 Å². The highest BCUT2D eigenvalue weighted by Crippen LogP contribution is 2.20. The molecular formula is C7H14ClNO. The first-order valence-corrected chi connectivity index (χ1v) is 3.87. The third-order valence-electron chi connectivity index (χ3n) is 1.51. The van der Waals surface area contributed by atoms with Gasteiger partial charge in [-0.1, -0.05) is 19.8 Å². The lowest BCUT2D eigenvalue weighted by Crippen LogP contribution is -2.35. The van der Waals surface area contributed by atoms with E-state index < -0.39 is 10.8 Å². The average molecular weight is 164 g/mol. The van der Waals surface area contributed by atoms with Crippen LogP contribution in [0.25, 0.3) is 0 Å². The molecule has 3 heteroatoms. The number of halogens is 1. The van der Waals surface area contributed by atoms with E-state index >= 15 is 0 Å². The Morgan fingerprint density at radius 1 is 1.70 bits per heavy atom. The Kier molecular flexibility index (Phi) is 3.72. The van der Waals surface area contributed by atoms with Gasteiger partial charge in [0.15, 0.2) is 0 Å². The highest BCUT2D eigenvalue weighted by molar-refractivity contribution is 6.34. The number of unbranched alkanes of at least 4 members (excludes halogenated alkanes) is 1. The summed E-state index contributed by atoms with van der Waals surface area (Å²) in [6.45, 7) is 3.71. The Labute approximate surface area is 66.7 Å². The number of carbonyl (C=O) groups excluding carboxylic acids is 1. The molecule has 0 aromatic heterocycles. The van der Waals surface area contributed by atoms with Crippen LogP contribution in [0.3, 0.4) is 0 Å². The first-order valence-electron chi connectivity index (χ1n) is 3.49. The molecule has 0 aliphatic rings. The molecule has 0 saturated heterocycles. The van der Waals surface area contributed by atoms with Gasteiger partial charge in [0, 0.05) is 0 Å². The molecule has 0 aliphatic carbocycles. The molecule has 2 nitrogen and oxygen atoms in total. The van der Waals surface area contributed by atoms with Crippen LogP contribution in [0, 0.1) is 0 Å². The number of amides is 1. The Morgan fingerprint density at radius 3 is 2.50 bits per heavy atom. The van der Waals surface area contributed by atoms with E-state index in [0.717, 1.165) is 12.8 Å². The summed E-state index contributed by atoms with van der Waals surface area (Å²) in [5.74, 6) is -0.428. The van der Waals surface area contributed by atoms with Gasteiger partial charge in [0.25, 0.3) is 0 Å². The summed E-state index contributed by atoms with van der Waals surface area (Å²) in [7, 11) is 0. The molecule has 0 aromatic rings. The molecule has 1 atom stereocenters. The molecule has 2 N–H and O–H groups in total. The number of alkyl halides is 1. The minimum absolute atomic E-state index is 0.428. The molecule has 1 unspecified atom stereocenters. The molecule has 60 valence electrons. The molecule has 0 fully saturated rings. The van der Waals surface area contributed by atoms with Gasteiger partial charge in [0.1, 0.15) is 4.87 Å². The molecule has 10 heavy (non-hydrogen) atoms. The average Bonchev–Trinajstić information content (AvgIpc) is 1.84. The summed E-state index contributed by atoms with van der Waals surface area (Å²) in [6.07, 6.45) is 2.65. The highest BCUT2D eigenvalue weighted by atomic mass is 35.5. The monoisotopic (exact) mass is 163 g/mol. The largest absolute Gasteiger partial charge is 0.368 e. The fraction of sp³-hybridized carbons (Fsp3) is 0.857. The van der Waals surface area contributed by atoms with Crippen LogP contribution in [0.15, 0.2) is 0 Å². The molecule has 0 saturated carbocycles. The van der Waals surface area contributed by atoms with Crippen molar-refractivity contribution < 1.29 is 4.79 Å². The number of hydrogen-bond acceptors (Lipinski definition) is 1. The van der Waals surface area contributed by atoms with Gasteiger partial charge in [-0.2, -0.15) is 0 Å². The predicted octanol–water partition coefficient (Wildman–Crippen LogP) is 1.66. The summed E-state index contributed by atoms with van der Waals surface area (Å²) < 4.78 is 0. The van der Waals surface area contributed by atoms with Crippen molar-refractivity contribution in [1.29, 1.82) is 0 Å². The molecule has 0 rings (SSSR count). The van der Waals surface area contributed by atoms with Crippen molar-refractivity contribution in [2.75, 3.05) is 0 Å². The maximum atomic E-state index is 10.6. The van der Waals surface area contributed by atoms with Crippen molar-refractivity contribution in [2.24, 2.45) is 5.73 Å². The van der Waals surface area contributed by atoms with Crippen LogP contribution in [-0.2, 0) is 4.79 Å². The zero-order valence-electron chi connectivity index (χ0n) is 6.48. The standard InChI is InChI=1S/C7H14ClNO/c1-3-4-5-7(2,8)6(9)10/h3-5H2,1-2H3,(H2,9,10). The summed E-state index contributed by atoms with van der Waals surface area (Å²) >= 11 is 5.78. The smallest absolute Gasteiger partial charge is 0.238 e. The quantitative estimate of drug-likeness (QED) is 0.630. The van der Waals surface area contributed by atoms with Gasteiger partial charge in [0.05, 0.1) is 0 Å². The first-order chi connectivity index (χ1) is 4.50. The maximum absolute atomic E-state index is 10.6. The number of primary amides is 1. The van der Waals surface area contributed by atoms with Gasteiger partial charge in [-0.3, -0.25) is 4.79 Å². The molecule has 0 spiro atoms. The van der Waals surface area contributed by atoms with E-state index in [0.29, 0.717) is 6.42 Å². The summed E-state index contributed by atoms with van der Waals surface area (Å²) in [6, 6.07) is 0. The van der Waals surface area contributed by atoms with Gasteiger partial charge in [-0.25, -0.2) is 0 Å². The van der Waals surface area contributed by atoms with Crippen molar-refractivity contribution in [3.8, 4) is 0 Å². The van der Waals surface area contributed by atoms with Gasteiger partial charge in [-0.05, 0) is 13.3 Å². The molecule has 0 aromatic carbocycles. The lowest BCUT2D eigenvalue weighted by molar-refractivity contribution is -0.120. The molecule has 0 bridgehead atoms. The molecule has 0 aliphatic heterocycles. The van der Waals surface area contributed by atoms with E-state index in [2.05, 4.69) is 0 Å². The Morgan fingerprint density at radius 2 is 2.20 bits per heavy atom. The fourth-order valence-electron chi connectivity index (χ4n) is 0.632. The minimum Gasteiger partial charge on any atom is -0.368 e. The van der Waals surface area contributed by atoms with E-state index in [1.54, 1.807) is 6.92 Å². The third kappa shape index (κ3) is 3.06. The highest BCUT2D eigenvalue weighted by Gasteiger charge is 2.26. The summed E-state index contributed by atoms with van der Waals surface area (Å²) in [5.41, 5.74) is 5.04. The third-order valence-corrected chi connectivity index (χ3v) is 1.89. The maximum Gasteiger partial charge on any atom is 0.238 e. The number of carbonyl (C=O) groups is 1. The van der Waals surface area contributed by atoms with Crippen molar-refractivity contribution >= 4 is 17.5 Å². The second-order valence-electron chi connectivity index (χ2n) is 2.67. The number of nitrogens with two attached hydrogens (primary N) is 1. The zero-order valence-corrected chi connectivity index (χ0v) is 7.24. The topological polar surface area (TPSA) is 43.1 Å². The van der Waals surface area contributed by atoms with Gasteiger partial charge in [0.2, 0.25) is 5.91 Å². The van der Waals surface area contributed by atoms with E-state index in [1.807, 2.05) is 6.92 Å². The Bertz CT molecular complexity index is 123.